The molecule has 1 aliphatic rings. The van der Waals surface area contributed by atoms with Gasteiger partial charge >= 0.3 is 5.97 Å². The Bertz CT molecular complexity index is 456. The summed E-state index contributed by atoms with van der Waals surface area (Å²) in [5.74, 6) is -0.565. The minimum atomic E-state index is -0.242. The maximum absolute atomic E-state index is 12.8. The van der Waals surface area contributed by atoms with Crippen LogP contribution in [0.5, 0.6) is 0 Å². The number of carbonyl (C=O) groups is 1. The fraction of sp³-hybridized carbons (Fsp3) is 0.400. The van der Waals surface area contributed by atoms with Crippen LogP contribution in [0.2, 0.25) is 0 Å². The van der Waals surface area contributed by atoms with Gasteiger partial charge < -0.3 is 10.1 Å². The van der Waals surface area contributed by atoms with Gasteiger partial charge in [-0.1, -0.05) is 24.3 Å². The lowest BCUT2D eigenvalue weighted by Gasteiger charge is -2.26. The van der Waals surface area contributed by atoms with Crippen LogP contribution in [0.15, 0.2) is 36.4 Å². The van der Waals surface area contributed by atoms with Crippen molar-refractivity contribution >= 4 is 5.97 Å². The highest BCUT2D eigenvalue weighted by Gasteiger charge is 2.28. The number of methoxy groups -OCH3 is 1. The second-order valence-corrected chi connectivity index (χ2v) is 4.67. The van der Waals surface area contributed by atoms with E-state index in [1.165, 1.54) is 19.2 Å². The molecule has 2 atom stereocenters. The molecule has 102 valence electrons. The molecule has 1 aromatic rings. The lowest BCUT2D eigenvalue weighted by atomic mass is 9.89. The van der Waals surface area contributed by atoms with Gasteiger partial charge in [-0.05, 0) is 30.5 Å². The minimum Gasteiger partial charge on any atom is -0.469 e. The molecule has 3 nitrogen and oxygen atoms in total. The van der Waals surface area contributed by atoms with Crippen molar-refractivity contribution in [2.24, 2.45) is 5.92 Å². The number of hydrogen-bond donors (Lipinski definition) is 1. The predicted molar refractivity (Wildman–Crippen MR) is 70.9 cm³/mol. The molecular formula is C15H18FNO2. The molecule has 0 fully saturated rings. The van der Waals surface area contributed by atoms with Gasteiger partial charge in [0.15, 0.2) is 0 Å². The van der Waals surface area contributed by atoms with E-state index in [2.05, 4.69) is 11.4 Å². The SMILES string of the molecule is COC(=O)[C@H]1CCC=C[C@H]1NCc1ccc(F)cc1. The molecule has 0 saturated heterocycles. The summed E-state index contributed by atoms with van der Waals surface area (Å²) in [5, 5.41) is 3.31. The first-order chi connectivity index (χ1) is 9.20. The third kappa shape index (κ3) is 3.64. The predicted octanol–water partition coefficient (Wildman–Crippen LogP) is 2.42. The smallest absolute Gasteiger partial charge is 0.310 e. The number of rotatable bonds is 4. The van der Waals surface area contributed by atoms with Crippen LogP contribution in [-0.2, 0) is 16.1 Å². The van der Waals surface area contributed by atoms with Gasteiger partial charge in [-0.25, -0.2) is 4.39 Å². The monoisotopic (exact) mass is 263 g/mol. The summed E-state index contributed by atoms with van der Waals surface area (Å²) in [7, 11) is 1.41. The molecule has 4 heteroatoms. The van der Waals surface area contributed by atoms with E-state index < -0.39 is 0 Å². The van der Waals surface area contributed by atoms with Crippen molar-refractivity contribution in [3.63, 3.8) is 0 Å². The fourth-order valence-corrected chi connectivity index (χ4v) is 2.30. The Morgan fingerprint density at radius 3 is 2.84 bits per heavy atom. The molecule has 0 unspecified atom stereocenters. The van der Waals surface area contributed by atoms with Gasteiger partial charge in [0, 0.05) is 12.6 Å². The van der Waals surface area contributed by atoms with Crippen molar-refractivity contribution in [3.8, 4) is 0 Å². The largest absolute Gasteiger partial charge is 0.469 e. The van der Waals surface area contributed by atoms with Crippen molar-refractivity contribution in [2.45, 2.75) is 25.4 Å². The zero-order chi connectivity index (χ0) is 13.7. The lowest BCUT2D eigenvalue weighted by molar-refractivity contribution is -0.146. The van der Waals surface area contributed by atoms with E-state index >= 15 is 0 Å². The molecule has 0 aliphatic heterocycles. The Morgan fingerprint density at radius 2 is 2.16 bits per heavy atom. The van der Waals surface area contributed by atoms with Crippen molar-refractivity contribution in [1.82, 2.24) is 5.32 Å². The number of allylic oxidation sites excluding steroid dienone is 1. The van der Waals surface area contributed by atoms with Crippen molar-refractivity contribution in [3.05, 3.63) is 47.8 Å². The highest BCUT2D eigenvalue weighted by molar-refractivity contribution is 5.73. The van der Waals surface area contributed by atoms with Crippen LogP contribution in [-0.4, -0.2) is 19.1 Å². The van der Waals surface area contributed by atoms with Crippen LogP contribution in [0.1, 0.15) is 18.4 Å². The number of benzene rings is 1. The van der Waals surface area contributed by atoms with Gasteiger partial charge in [-0.2, -0.15) is 0 Å². The zero-order valence-corrected chi connectivity index (χ0v) is 10.9. The molecule has 19 heavy (non-hydrogen) atoms. The van der Waals surface area contributed by atoms with Gasteiger partial charge in [0.1, 0.15) is 5.82 Å². The van der Waals surface area contributed by atoms with Crippen LogP contribution in [0, 0.1) is 11.7 Å². The molecule has 1 N–H and O–H groups in total. The van der Waals surface area contributed by atoms with Gasteiger partial charge in [-0.15, -0.1) is 0 Å². The Morgan fingerprint density at radius 1 is 1.42 bits per heavy atom. The van der Waals surface area contributed by atoms with Crippen molar-refractivity contribution in [1.29, 1.82) is 0 Å². The first-order valence-electron chi connectivity index (χ1n) is 6.43. The van der Waals surface area contributed by atoms with Crippen molar-refractivity contribution < 1.29 is 13.9 Å². The van der Waals surface area contributed by atoms with Gasteiger partial charge in [0.25, 0.3) is 0 Å². The molecule has 0 bridgehead atoms. The van der Waals surface area contributed by atoms with Gasteiger partial charge in [0.2, 0.25) is 0 Å². The number of esters is 1. The average Bonchev–Trinajstić information content (AvgIpc) is 2.46. The Kier molecular flexibility index (Phi) is 4.68. The Labute approximate surface area is 112 Å². The topological polar surface area (TPSA) is 38.3 Å². The summed E-state index contributed by atoms with van der Waals surface area (Å²) in [6.07, 6.45) is 5.77. The third-order valence-electron chi connectivity index (χ3n) is 3.38. The summed E-state index contributed by atoms with van der Waals surface area (Å²) in [6.45, 7) is 0.600. The Hall–Kier alpha value is -1.68. The van der Waals surface area contributed by atoms with Crippen LogP contribution in [0.25, 0.3) is 0 Å². The molecule has 1 aliphatic carbocycles. The fourth-order valence-electron chi connectivity index (χ4n) is 2.30. The van der Waals surface area contributed by atoms with E-state index in [1.54, 1.807) is 12.1 Å². The van der Waals surface area contributed by atoms with Crippen LogP contribution >= 0.6 is 0 Å². The molecule has 0 aromatic heterocycles. The van der Waals surface area contributed by atoms with E-state index in [9.17, 15) is 9.18 Å². The van der Waals surface area contributed by atoms with E-state index in [-0.39, 0.29) is 23.7 Å². The normalized spacial score (nSPS) is 22.2. The maximum Gasteiger partial charge on any atom is 0.310 e. The molecule has 2 rings (SSSR count). The molecule has 0 spiro atoms. The highest BCUT2D eigenvalue weighted by Crippen LogP contribution is 2.20. The molecule has 0 heterocycles. The average molecular weight is 263 g/mol. The number of nitrogens with one attached hydrogen (secondary N) is 1. The molecule has 0 amide bonds. The first kappa shape index (κ1) is 13.7. The third-order valence-corrected chi connectivity index (χ3v) is 3.38. The van der Waals surface area contributed by atoms with Gasteiger partial charge in [0.05, 0.1) is 13.0 Å². The maximum atomic E-state index is 12.8. The zero-order valence-electron chi connectivity index (χ0n) is 10.9. The number of hydrogen-bond acceptors (Lipinski definition) is 3. The van der Waals surface area contributed by atoms with Crippen LogP contribution in [0.3, 0.4) is 0 Å². The number of halogens is 1. The highest BCUT2D eigenvalue weighted by atomic mass is 19.1. The number of ether oxygens (including phenoxy) is 1. The molecule has 1 aromatic carbocycles. The van der Waals surface area contributed by atoms with Crippen molar-refractivity contribution in [2.75, 3.05) is 7.11 Å². The van der Waals surface area contributed by atoms with Crippen LogP contribution < -0.4 is 5.32 Å². The summed E-state index contributed by atoms with van der Waals surface area (Å²) in [5.41, 5.74) is 0.990. The minimum absolute atomic E-state index is 0.0220. The van der Waals surface area contributed by atoms with E-state index in [1.807, 2.05) is 6.08 Å². The van der Waals surface area contributed by atoms with E-state index in [0.717, 1.165) is 18.4 Å². The van der Waals surface area contributed by atoms with Crippen LogP contribution in [0.4, 0.5) is 4.39 Å². The number of carbonyl (C=O) groups excluding carboxylic acids is 1. The van der Waals surface area contributed by atoms with E-state index in [0.29, 0.717) is 6.54 Å². The molecule has 0 saturated carbocycles. The second-order valence-electron chi connectivity index (χ2n) is 4.67. The quantitative estimate of drug-likeness (QED) is 0.669. The van der Waals surface area contributed by atoms with E-state index in [4.69, 9.17) is 4.74 Å². The lowest BCUT2D eigenvalue weighted by Crippen LogP contribution is -2.40. The summed E-state index contributed by atoms with van der Waals surface area (Å²) in [4.78, 5) is 11.7. The molecule has 0 radical (unpaired) electrons. The van der Waals surface area contributed by atoms with Gasteiger partial charge in [-0.3, -0.25) is 4.79 Å². The summed E-state index contributed by atoms with van der Waals surface area (Å²) in [6, 6.07) is 6.33. The molecular weight excluding hydrogens is 245 g/mol. The standard InChI is InChI=1S/C15H18FNO2/c1-19-15(18)13-4-2-3-5-14(13)17-10-11-6-8-12(16)9-7-11/h3,5-9,13-14,17H,2,4,10H2,1H3/t13-,14+/m0/s1. The summed E-state index contributed by atoms with van der Waals surface area (Å²) >= 11 is 0. The Balaban J connectivity index is 1.96. The first-order valence-corrected chi connectivity index (χ1v) is 6.43. The summed E-state index contributed by atoms with van der Waals surface area (Å²) < 4.78 is 17.6. The second kappa shape index (κ2) is 6.48.